The van der Waals surface area contributed by atoms with E-state index in [9.17, 15) is 9.59 Å². The molecule has 1 aromatic heterocycles. The number of nitrogens with one attached hydrogen (secondary N) is 1. The molecule has 7 heteroatoms. The van der Waals surface area contributed by atoms with Crippen LogP contribution in [0.1, 0.15) is 22.5 Å². The predicted octanol–water partition coefficient (Wildman–Crippen LogP) is 2.93. The predicted molar refractivity (Wildman–Crippen MR) is 98.9 cm³/mol. The number of benzene rings is 1. The van der Waals surface area contributed by atoms with E-state index in [2.05, 4.69) is 10.4 Å². The molecule has 2 rings (SSSR count). The lowest BCUT2D eigenvalue weighted by atomic mass is 10.1. The van der Waals surface area contributed by atoms with Gasteiger partial charge in [-0.2, -0.15) is 5.10 Å². The summed E-state index contributed by atoms with van der Waals surface area (Å²) >= 11 is 1.40. The maximum atomic E-state index is 12.0. The molecule has 0 unspecified atom stereocenters. The van der Waals surface area contributed by atoms with Crippen molar-refractivity contribution in [3.8, 4) is 0 Å². The van der Waals surface area contributed by atoms with Gasteiger partial charge in [0.2, 0.25) is 0 Å². The number of rotatable bonds is 6. The van der Waals surface area contributed by atoms with Crippen molar-refractivity contribution in [1.82, 2.24) is 9.78 Å². The second-order valence-electron chi connectivity index (χ2n) is 5.91. The largest absolute Gasteiger partial charge is 0.455 e. The second-order valence-corrected chi connectivity index (χ2v) is 6.96. The molecule has 0 aliphatic rings. The van der Waals surface area contributed by atoms with Gasteiger partial charge in [-0.05, 0) is 51.0 Å². The molecule has 1 N–H and O–H groups in total. The normalized spacial score (nSPS) is 10.6. The molecule has 0 aliphatic heterocycles. The number of nitrogens with zero attached hydrogens (tertiary/aromatic N) is 2. The number of carbonyl (C=O) groups excluding carboxylic acids is 2. The van der Waals surface area contributed by atoms with Gasteiger partial charge in [-0.1, -0.05) is 6.07 Å². The molecule has 0 bridgehead atoms. The monoisotopic (exact) mass is 361 g/mol. The van der Waals surface area contributed by atoms with E-state index in [4.69, 9.17) is 4.74 Å². The van der Waals surface area contributed by atoms with Gasteiger partial charge < -0.3 is 10.1 Å². The lowest BCUT2D eigenvalue weighted by Gasteiger charge is -2.08. The molecule has 6 nitrogen and oxygen atoms in total. The van der Waals surface area contributed by atoms with E-state index in [1.165, 1.54) is 22.9 Å². The first-order valence-corrected chi connectivity index (χ1v) is 8.92. The van der Waals surface area contributed by atoms with Crippen molar-refractivity contribution >= 4 is 29.3 Å². The number of ether oxygens (including phenoxy) is 1. The van der Waals surface area contributed by atoms with E-state index < -0.39 is 5.97 Å². The average Bonchev–Trinajstić information content (AvgIpc) is 2.80. The highest BCUT2D eigenvalue weighted by Crippen LogP contribution is 2.21. The van der Waals surface area contributed by atoms with Crippen LogP contribution >= 0.6 is 11.8 Å². The Hall–Kier alpha value is -2.28. The molecule has 0 fully saturated rings. The summed E-state index contributed by atoms with van der Waals surface area (Å²) in [7, 11) is 1.81. The molecule has 0 aliphatic carbocycles. The second kappa shape index (κ2) is 8.20. The Labute approximate surface area is 151 Å². The van der Waals surface area contributed by atoms with Crippen molar-refractivity contribution in [3.05, 3.63) is 40.7 Å². The molecule has 0 spiro atoms. The SMILES string of the molecule is Cc1ccc(SCC(=O)OCC(=O)Nc2c(C)nn(C)c2C)cc1C. The summed E-state index contributed by atoms with van der Waals surface area (Å²) in [6.45, 7) is 7.45. The van der Waals surface area contributed by atoms with Crippen molar-refractivity contribution in [1.29, 1.82) is 0 Å². The lowest BCUT2D eigenvalue weighted by molar-refractivity contribution is -0.144. The molecule has 0 atom stereocenters. The fourth-order valence-corrected chi connectivity index (χ4v) is 3.06. The minimum absolute atomic E-state index is 0.167. The summed E-state index contributed by atoms with van der Waals surface area (Å²) in [5.74, 6) is -0.623. The van der Waals surface area contributed by atoms with Crippen molar-refractivity contribution in [2.45, 2.75) is 32.6 Å². The van der Waals surface area contributed by atoms with E-state index in [1.807, 2.05) is 52.9 Å². The number of carbonyl (C=O) groups is 2. The van der Waals surface area contributed by atoms with Crippen LogP contribution in [0.4, 0.5) is 5.69 Å². The number of anilines is 1. The third-order valence-corrected chi connectivity index (χ3v) is 4.94. The first-order valence-electron chi connectivity index (χ1n) is 7.93. The van der Waals surface area contributed by atoms with Crippen LogP contribution in [-0.4, -0.2) is 34.0 Å². The zero-order valence-corrected chi connectivity index (χ0v) is 16.0. The Kier molecular flexibility index (Phi) is 6.25. The van der Waals surface area contributed by atoms with Crippen LogP contribution in [0.3, 0.4) is 0 Å². The highest BCUT2D eigenvalue weighted by molar-refractivity contribution is 8.00. The number of aromatic nitrogens is 2. The molecule has 0 saturated carbocycles. The van der Waals surface area contributed by atoms with Crippen molar-refractivity contribution in [3.63, 3.8) is 0 Å². The van der Waals surface area contributed by atoms with Gasteiger partial charge in [0.25, 0.3) is 5.91 Å². The average molecular weight is 361 g/mol. The molecule has 0 saturated heterocycles. The van der Waals surface area contributed by atoms with E-state index in [0.717, 1.165) is 16.3 Å². The standard InChI is InChI=1S/C18H23N3O3S/c1-11-6-7-15(8-12(11)2)25-10-17(23)24-9-16(22)19-18-13(3)20-21(5)14(18)4/h6-8H,9-10H2,1-5H3,(H,19,22). The van der Waals surface area contributed by atoms with Crippen molar-refractivity contribution < 1.29 is 14.3 Å². The molecular weight excluding hydrogens is 338 g/mol. The Morgan fingerprint density at radius 1 is 1.20 bits per heavy atom. The molecule has 134 valence electrons. The summed E-state index contributed by atoms with van der Waals surface area (Å²) < 4.78 is 6.73. The van der Waals surface area contributed by atoms with E-state index in [1.54, 1.807) is 4.68 Å². The van der Waals surface area contributed by atoms with Gasteiger partial charge in [0.1, 0.15) is 0 Å². The third-order valence-electron chi connectivity index (χ3n) is 3.97. The number of hydrogen-bond acceptors (Lipinski definition) is 5. The molecule has 1 amide bonds. The number of esters is 1. The maximum Gasteiger partial charge on any atom is 0.316 e. The van der Waals surface area contributed by atoms with Crippen LogP contribution in [0.15, 0.2) is 23.1 Å². The van der Waals surface area contributed by atoms with Crippen molar-refractivity contribution in [2.75, 3.05) is 17.7 Å². The van der Waals surface area contributed by atoms with Gasteiger partial charge >= 0.3 is 5.97 Å². The van der Waals surface area contributed by atoms with Crippen LogP contribution < -0.4 is 5.32 Å². The zero-order valence-electron chi connectivity index (χ0n) is 15.2. The van der Waals surface area contributed by atoms with Gasteiger partial charge in [-0.25, -0.2) is 0 Å². The van der Waals surface area contributed by atoms with E-state index >= 15 is 0 Å². The van der Waals surface area contributed by atoms with Gasteiger partial charge in [0.15, 0.2) is 6.61 Å². The third kappa shape index (κ3) is 5.09. The zero-order chi connectivity index (χ0) is 18.6. The number of aryl methyl sites for hydroxylation is 4. The summed E-state index contributed by atoms with van der Waals surface area (Å²) in [4.78, 5) is 24.8. The Morgan fingerprint density at radius 3 is 2.52 bits per heavy atom. The molecule has 0 radical (unpaired) electrons. The molecule has 25 heavy (non-hydrogen) atoms. The van der Waals surface area contributed by atoms with Crippen LogP contribution in [-0.2, 0) is 21.4 Å². The maximum absolute atomic E-state index is 12.0. The lowest BCUT2D eigenvalue weighted by Crippen LogP contribution is -2.22. The Morgan fingerprint density at radius 2 is 1.92 bits per heavy atom. The first-order chi connectivity index (χ1) is 11.8. The number of amides is 1. The van der Waals surface area contributed by atoms with Crippen LogP contribution in [0.2, 0.25) is 0 Å². The van der Waals surface area contributed by atoms with Crippen LogP contribution in [0, 0.1) is 27.7 Å². The van der Waals surface area contributed by atoms with Crippen molar-refractivity contribution in [2.24, 2.45) is 7.05 Å². The summed E-state index contributed by atoms with van der Waals surface area (Å²) in [5.41, 5.74) is 4.63. The minimum atomic E-state index is -0.419. The minimum Gasteiger partial charge on any atom is -0.455 e. The topological polar surface area (TPSA) is 73.2 Å². The van der Waals surface area contributed by atoms with Gasteiger partial charge in [0, 0.05) is 11.9 Å². The first kappa shape index (κ1) is 19.1. The Bertz CT molecular complexity index is 799. The summed E-state index contributed by atoms with van der Waals surface area (Å²) in [5, 5.41) is 6.96. The summed E-state index contributed by atoms with van der Waals surface area (Å²) in [6.07, 6.45) is 0. The van der Waals surface area contributed by atoms with E-state index in [-0.39, 0.29) is 18.3 Å². The van der Waals surface area contributed by atoms with E-state index in [0.29, 0.717) is 5.69 Å². The number of thioether (sulfide) groups is 1. The molecule has 1 heterocycles. The summed E-state index contributed by atoms with van der Waals surface area (Å²) in [6, 6.07) is 6.03. The molecule has 1 aromatic carbocycles. The van der Waals surface area contributed by atoms with Gasteiger partial charge in [-0.15, -0.1) is 11.8 Å². The molecule has 2 aromatic rings. The van der Waals surface area contributed by atoms with Crippen LogP contribution in [0.5, 0.6) is 0 Å². The van der Waals surface area contributed by atoms with Gasteiger partial charge in [0.05, 0.1) is 22.8 Å². The highest BCUT2D eigenvalue weighted by Gasteiger charge is 2.14. The number of hydrogen-bond donors (Lipinski definition) is 1. The smallest absolute Gasteiger partial charge is 0.316 e. The highest BCUT2D eigenvalue weighted by atomic mass is 32.2. The Balaban J connectivity index is 1.79. The fourth-order valence-electron chi connectivity index (χ4n) is 2.26. The van der Waals surface area contributed by atoms with Gasteiger partial charge in [-0.3, -0.25) is 14.3 Å². The quantitative estimate of drug-likeness (QED) is 0.633. The fraction of sp³-hybridized carbons (Fsp3) is 0.389. The van der Waals surface area contributed by atoms with Crippen LogP contribution in [0.25, 0.3) is 0 Å². The molecular formula is C18H23N3O3S.